The van der Waals surface area contributed by atoms with Crippen molar-refractivity contribution in [1.82, 2.24) is 0 Å². The van der Waals surface area contributed by atoms with E-state index in [9.17, 15) is 14.4 Å². The maximum Gasteiger partial charge on any atom is 0.374 e. The number of aryl methyl sites for hydroxylation is 1. The third-order valence-electron chi connectivity index (χ3n) is 3.66. The number of ether oxygens (including phenoxy) is 1. The number of halogens is 2. The number of rotatable bonds is 4. The van der Waals surface area contributed by atoms with Gasteiger partial charge in [0, 0.05) is 11.6 Å². The largest absolute Gasteiger partial charge is 0.451 e. The van der Waals surface area contributed by atoms with Crippen molar-refractivity contribution in [3.8, 4) is 0 Å². The molecule has 0 spiro atoms. The molecule has 0 aliphatic carbocycles. The Bertz CT molecular complexity index is 1080. The Labute approximate surface area is 158 Å². The van der Waals surface area contributed by atoms with Crippen LogP contribution < -0.4 is 5.43 Å². The van der Waals surface area contributed by atoms with E-state index in [4.69, 9.17) is 32.4 Å². The quantitative estimate of drug-likeness (QED) is 0.485. The molecule has 2 aromatic carbocycles. The van der Waals surface area contributed by atoms with Gasteiger partial charge in [-0.2, -0.15) is 0 Å². The number of hydrogen-bond acceptors (Lipinski definition) is 5. The van der Waals surface area contributed by atoms with Crippen LogP contribution in [0.3, 0.4) is 0 Å². The lowest BCUT2D eigenvalue weighted by Gasteiger charge is -2.06. The van der Waals surface area contributed by atoms with E-state index in [0.29, 0.717) is 10.4 Å². The molecule has 0 fully saturated rings. The molecule has 7 heteroatoms. The van der Waals surface area contributed by atoms with Gasteiger partial charge in [-0.1, -0.05) is 34.8 Å². The van der Waals surface area contributed by atoms with Crippen molar-refractivity contribution in [3.05, 3.63) is 79.6 Å². The van der Waals surface area contributed by atoms with E-state index in [0.717, 1.165) is 11.6 Å². The molecule has 0 unspecified atom stereocenters. The van der Waals surface area contributed by atoms with E-state index < -0.39 is 18.4 Å². The van der Waals surface area contributed by atoms with Gasteiger partial charge >= 0.3 is 5.97 Å². The molecule has 0 amide bonds. The number of benzene rings is 2. The zero-order valence-corrected chi connectivity index (χ0v) is 15.1. The van der Waals surface area contributed by atoms with Gasteiger partial charge in [-0.3, -0.25) is 9.59 Å². The van der Waals surface area contributed by atoms with Crippen LogP contribution in [0.5, 0.6) is 0 Å². The Balaban J connectivity index is 1.76. The first-order valence-electron chi connectivity index (χ1n) is 7.55. The van der Waals surface area contributed by atoms with E-state index in [1.54, 1.807) is 18.2 Å². The number of ketones is 1. The Hall–Kier alpha value is -2.63. The average molecular weight is 391 g/mol. The van der Waals surface area contributed by atoms with Crippen LogP contribution in [0.1, 0.15) is 26.5 Å². The summed E-state index contributed by atoms with van der Waals surface area (Å²) in [6.45, 7) is 1.32. The monoisotopic (exact) mass is 390 g/mol. The summed E-state index contributed by atoms with van der Waals surface area (Å²) >= 11 is 11.7. The Kier molecular flexibility index (Phi) is 5.11. The fourth-order valence-corrected chi connectivity index (χ4v) is 2.62. The fourth-order valence-electron chi connectivity index (χ4n) is 2.33. The lowest BCUT2D eigenvalue weighted by Crippen LogP contribution is -2.16. The highest BCUT2D eigenvalue weighted by Gasteiger charge is 2.17. The second-order valence-electron chi connectivity index (χ2n) is 5.60. The Morgan fingerprint density at radius 3 is 2.54 bits per heavy atom. The molecule has 0 saturated carbocycles. The molecule has 5 nitrogen and oxygen atoms in total. The third-order valence-corrected chi connectivity index (χ3v) is 4.40. The van der Waals surface area contributed by atoms with Gasteiger partial charge < -0.3 is 9.15 Å². The maximum atomic E-state index is 12.1. The predicted molar refractivity (Wildman–Crippen MR) is 98.3 cm³/mol. The van der Waals surface area contributed by atoms with E-state index in [2.05, 4.69) is 0 Å². The maximum absolute atomic E-state index is 12.1. The molecule has 0 bridgehead atoms. The third kappa shape index (κ3) is 3.79. The molecular formula is C19H12Cl2O5. The van der Waals surface area contributed by atoms with Gasteiger partial charge in [0.1, 0.15) is 5.58 Å². The lowest BCUT2D eigenvalue weighted by atomic mass is 10.1. The summed E-state index contributed by atoms with van der Waals surface area (Å²) in [5.74, 6) is -1.64. The van der Waals surface area contributed by atoms with Crippen LogP contribution in [0.25, 0.3) is 11.0 Å². The van der Waals surface area contributed by atoms with Crippen LogP contribution >= 0.6 is 23.2 Å². The zero-order valence-electron chi connectivity index (χ0n) is 13.5. The molecule has 3 aromatic rings. The Morgan fingerprint density at radius 1 is 1.04 bits per heavy atom. The van der Waals surface area contributed by atoms with Crippen LogP contribution in [-0.4, -0.2) is 18.4 Å². The first kappa shape index (κ1) is 18.2. The van der Waals surface area contributed by atoms with Crippen LogP contribution in [0, 0.1) is 6.92 Å². The summed E-state index contributed by atoms with van der Waals surface area (Å²) in [5.41, 5.74) is 1.05. The topological polar surface area (TPSA) is 73.6 Å². The van der Waals surface area contributed by atoms with E-state index in [1.165, 1.54) is 18.2 Å². The molecule has 0 radical (unpaired) electrons. The second kappa shape index (κ2) is 7.32. The molecule has 0 aliphatic rings. The van der Waals surface area contributed by atoms with Crippen LogP contribution in [0.4, 0.5) is 0 Å². The van der Waals surface area contributed by atoms with Crippen molar-refractivity contribution < 1.29 is 18.7 Å². The van der Waals surface area contributed by atoms with Crippen LogP contribution in [-0.2, 0) is 4.74 Å². The van der Waals surface area contributed by atoms with Crippen molar-refractivity contribution in [2.24, 2.45) is 0 Å². The fraction of sp³-hybridized carbons (Fsp3) is 0.105. The second-order valence-corrected chi connectivity index (χ2v) is 6.42. The normalized spacial score (nSPS) is 10.7. The summed E-state index contributed by atoms with van der Waals surface area (Å²) in [6, 6.07) is 10.4. The number of carbonyl (C=O) groups is 2. The van der Waals surface area contributed by atoms with E-state index in [-0.39, 0.29) is 27.4 Å². The molecule has 0 saturated heterocycles. The molecule has 132 valence electrons. The van der Waals surface area contributed by atoms with Crippen molar-refractivity contribution in [1.29, 1.82) is 0 Å². The minimum absolute atomic E-state index is 0.222. The van der Waals surface area contributed by atoms with Gasteiger partial charge in [0.25, 0.3) is 0 Å². The van der Waals surface area contributed by atoms with Crippen molar-refractivity contribution >= 4 is 45.9 Å². The number of hydrogen-bond donors (Lipinski definition) is 0. The van der Waals surface area contributed by atoms with Crippen LogP contribution in [0.2, 0.25) is 10.0 Å². The highest BCUT2D eigenvalue weighted by atomic mass is 35.5. The molecular weight excluding hydrogens is 379 g/mol. The summed E-state index contributed by atoms with van der Waals surface area (Å²) in [4.78, 5) is 36.3. The van der Waals surface area contributed by atoms with Crippen molar-refractivity contribution in [3.63, 3.8) is 0 Å². The number of carbonyl (C=O) groups excluding carboxylic acids is 2. The number of esters is 1. The predicted octanol–water partition coefficient (Wildman–Crippen LogP) is 4.45. The van der Waals surface area contributed by atoms with Gasteiger partial charge in [-0.05, 0) is 37.3 Å². The highest BCUT2D eigenvalue weighted by Crippen LogP contribution is 2.23. The van der Waals surface area contributed by atoms with Crippen LogP contribution in [0.15, 0.2) is 51.7 Å². The average Bonchev–Trinajstić information content (AvgIpc) is 2.62. The molecule has 0 aliphatic heterocycles. The molecule has 26 heavy (non-hydrogen) atoms. The zero-order chi connectivity index (χ0) is 18.8. The van der Waals surface area contributed by atoms with Crippen molar-refractivity contribution in [2.45, 2.75) is 6.92 Å². The first-order valence-corrected chi connectivity index (χ1v) is 8.30. The molecule has 1 aromatic heterocycles. The summed E-state index contributed by atoms with van der Waals surface area (Å²) in [7, 11) is 0. The molecule has 0 N–H and O–H groups in total. The SMILES string of the molecule is Cc1ccc2oc(C(=O)OCC(=O)c3ccc(Cl)c(Cl)c3)cc(=O)c2c1. The molecule has 0 atom stereocenters. The van der Waals surface area contributed by atoms with Gasteiger partial charge in [-0.25, -0.2) is 4.79 Å². The van der Waals surface area contributed by atoms with Crippen molar-refractivity contribution in [2.75, 3.05) is 6.61 Å². The smallest absolute Gasteiger partial charge is 0.374 e. The minimum atomic E-state index is -0.905. The Morgan fingerprint density at radius 2 is 1.81 bits per heavy atom. The highest BCUT2D eigenvalue weighted by molar-refractivity contribution is 6.42. The summed E-state index contributed by atoms with van der Waals surface area (Å²) in [6.07, 6.45) is 0. The number of Topliss-reactive ketones (excluding diaryl/α,β-unsaturated/α-hetero) is 1. The first-order chi connectivity index (χ1) is 12.3. The molecule has 1 heterocycles. The standard InChI is InChI=1S/C19H12Cl2O5/c1-10-2-5-17-12(6-10)15(22)8-18(26-17)19(24)25-9-16(23)11-3-4-13(20)14(21)7-11/h2-8H,9H2,1H3. The van der Waals surface area contributed by atoms with E-state index >= 15 is 0 Å². The lowest BCUT2D eigenvalue weighted by molar-refractivity contribution is 0.0444. The minimum Gasteiger partial charge on any atom is -0.451 e. The number of fused-ring (bicyclic) bond motifs is 1. The van der Waals surface area contributed by atoms with Gasteiger partial charge in [0.15, 0.2) is 17.8 Å². The van der Waals surface area contributed by atoms with Gasteiger partial charge in [0.05, 0.1) is 15.4 Å². The summed E-state index contributed by atoms with van der Waals surface area (Å²) in [5, 5.41) is 0.904. The molecule has 3 rings (SSSR count). The van der Waals surface area contributed by atoms with Gasteiger partial charge in [0.2, 0.25) is 5.76 Å². The summed E-state index contributed by atoms with van der Waals surface area (Å²) < 4.78 is 10.4. The van der Waals surface area contributed by atoms with E-state index in [1.807, 2.05) is 6.92 Å². The van der Waals surface area contributed by atoms with Gasteiger partial charge in [-0.15, -0.1) is 0 Å².